The van der Waals surface area contributed by atoms with Gasteiger partial charge >= 0.3 is 0 Å². The minimum atomic E-state index is -0.704. The molecule has 2 N–H and O–H groups in total. The molecule has 3 heterocycles. The van der Waals surface area contributed by atoms with E-state index in [1.165, 1.54) is 11.3 Å². The number of carbonyl (C=O) groups excluding carboxylic acids is 1. The van der Waals surface area contributed by atoms with Crippen molar-refractivity contribution in [1.82, 2.24) is 9.55 Å². The number of anilines is 1. The number of nitrogens with one attached hydrogen (secondary N) is 2. The molecule has 8 nitrogen and oxygen atoms in total. The number of methoxy groups -OCH3 is 2. The number of amides is 1. The lowest BCUT2D eigenvalue weighted by Gasteiger charge is -2.25. The lowest BCUT2D eigenvalue weighted by atomic mass is 9.95. The van der Waals surface area contributed by atoms with Gasteiger partial charge in [0, 0.05) is 22.2 Å². The lowest BCUT2D eigenvalue weighted by molar-refractivity contribution is -0.113. The van der Waals surface area contributed by atoms with Gasteiger partial charge in [0.25, 0.3) is 11.5 Å². The van der Waals surface area contributed by atoms with Crippen molar-refractivity contribution in [3.05, 3.63) is 145 Å². The van der Waals surface area contributed by atoms with E-state index < -0.39 is 6.04 Å². The number of hydrogen-bond donors (Lipinski definition) is 2. The van der Waals surface area contributed by atoms with Gasteiger partial charge in [0.2, 0.25) is 0 Å². The van der Waals surface area contributed by atoms with Gasteiger partial charge in [0.15, 0.2) is 4.80 Å². The number of aromatic amines is 1. The summed E-state index contributed by atoms with van der Waals surface area (Å²) in [4.78, 5) is 37.2. The number of H-pyrrole nitrogens is 1. The van der Waals surface area contributed by atoms with Crippen molar-refractivity contribution in [2.24, 2.45) is 4.99 Å². The van der Waals surface area contributed by atoms with Crippen LogP contribution in [-0.2, 0) is 4.79 Å². The fourth-order valence-electron chi connectivity index (χ4n) is 5.87. The van der Waals surface area contributed by atoms with Gasteiger partial charge in [-0.1, -0.05) is 72.0 Å². The summed E-state index contributed by atoms with van der Waals surface area (Å²) in [5, 5.41) is 3.92. The molecule has 0 radical (unpaired) electrons. The molecule has 0 aliphatic carbocycles. The third kappa shape index (κ3) is 5.20. The minimum absolute atomic E-state index is 0.238. The van der Waals surface area contributed by atoms with Gasteiger partial charge < -0.3 is 19.8 Å². The zero-order valence-corrected chi connectivity index (χ0v) is 26.2. The number of para-hydroxylation sites is 1. The van der Waals surface area contributed by atoms with Crippen LogP contribution in [-0.4, -0.2) is 29.7 Å². The Balaban J connectivity index is 1.43. The van der Waals surface area contributed by atoms with Crippen LogP contribution in [0.25, 0.3) is 28.2 Å². The summed E-state index contributed by atoms with van der Waals surface area (Å²) in [6, 6.07) is 31.8. The van der Waals surface area contributed by atoms with Crippen LogP contribution < -0.4 is 29.7 Å². The van der Waals surface area contributed by atoms with E-state index in [1.807, 2.05) is 116 Å². The summed E-state index contributed by atoms with van der Waals surface area (Å²) >= 11 is 1.30. The number of ether oxygens (including phenoxy) is 2. The standard InChI is InChI=1S/C37H30N4O4S/c1-22-32(35(42)39-25-12-8-5-9-13-25)34(24-14-16-26(44-2)17-15-24)41-36(43)31(46-37(41)38-22)21-29-28-20-27(45-3)18-19-30(28)40-33(29)23-10-6-4-7-11-23/h4-21,34,40H,1-3H3,(H,39,42)/b31-21+/t34-/m0/s1. The number of thiazole rings is 1. The molecule has 1 aliphatic heterocycles. The van der Waals surface area contributed by atoms with Crippen LogP contribution in [0, 0.1) is 0 Å². The normalized spacial score (nSPS) is 14.6. The minimum Gasteiger partial charge on any atom is -0.497 e. The average molecular weight is 627 g/mol. The number of aromatic nitrogens is 2. The van der Waals surface area contributed by atoms with Gasteiger partial charge in [-0.25, -0.2) is 4.99 Å². The summed E-state index contributed by atoms with van der Waals surface area (Å²) in [6.45, 7) is 1.81. The van der Waals surface area contributed by atoms with Crippen LogP contribution >= 0.6 is 11.3 Å². The molecule has 0 saturated heterocycles. The summed E-state index contributed by atoms with van der Waals surface area (Å²) in [5.74, 6) is 1.07. The number of allylic oxidation sites excluding steroid dienone is 1. The molecule has 46 heavy (non-hydrogen) atoms. The molecule has 0 fully saturated rings. The van der Waals surface area contributed by atoms with Crippen LogP contribution in [0.4, 0.5) is 5.69 Å². The molecular weight excluding hydrogens is 596 g/mol. The molecule has 9 heteroatoms. The molecule has 1 amide bonds. The van der Waals surface area contributed by atoms with E-state index in [4.69, 9.17) is 14.5 Å². The van der Waals surface area contributed by atoms with Gasteiger partial charge in [-0.2, -0.15) is 0 Å². The molecule has 6 aromatic rings. The maximum atomic E-state index is 14.5. The van der Waals surface area contributed by atoms with E-state index in [0.29, 0.717) is 37.8 Å². The van der Waals surface area contributed by atoms with Crippen molar-refractivity contribution < 1.29 is 14.3 Å². The first kappa shape index (κ1) is 29.1. The SMILES string of the molecule is COc1ccc([C@H]2C(C(=O)Nc3ccccc3)=C(C)N=c3s/c(=C/c4c(-c5ccccc5)[nH]c5ccc(OC)cc45)c(=O)n32)cc1. The van der Waals surface area contributed by atoms with Crippen molar-refractivity contribution in [1.29, 1.82) is 0 Å². The molecule has 228 valence electrons. The van der Waals surface area contributed by atoms with Gasteiger partial charge in [-0.05, 0) is 66.6 Å². The van der Waals surface area contributed by atoms with E-state index in [1.54, 1.807) is 18.8 Å². The summed E-state index contributed by atoms with van der Waals surface area (Å²) < 4.78 is 13.1. The maximum absolute atomic E-state index is 14.5. The van der Waals surface area contributed by atoms with Crippen molar-refractivity contribution >= 4 is 39.9 Å². The topological polar surface area (TPSA) is 97.7 Å². The monoisotopic (exact) mass is 626 g/mol. The number of benzene rings is 4. The fourth-order valence-corrected chi connectivity index (χ4v) is 6.89. The average Bonchev–Trinajstić information content (AvgIpc) is 3.60. The summed E-state index contributed by atoms with van der Waals surface area (Å²) in [7, 11) is 3.24. The van der Waals surface area contributed by atoms with Gasteiger partial charge in [-0.3, -0.25) is 14.2 Å². The predicted octanol–water partition coefficient (Wildman–Crippen LogP) is 6.04. The fraction of sp³-hybridized carbons (Fsp3) is 0.108. The second-order valence-corrected chi connectivity index (χ2v) is 11.9. The van der Waals surface area contributed by atoms with Crippen molar-refractivity contribution in [2.75, 3.05) is 19.5 Å². The summed E-state index contributed by atoms with van der Waals surface area (Å²) in [5.41, 5.74) is 5.79. The van der Waals surface area contributed by atoms with Crippen LogP contribution in [0.3, 0.4) is 0 Å². The molecule has 2 aromatic heterocycles. The van der Waals surface area contributed by atoms with E-state index in [-0.39, 0.29) is 11.5 Å². The molecule has 1 aliphatic rings. The maximum Gasteiger partial charge on any atom is 0.271 e. The first-order valence-corrected chi connectivity index (χ1v) is 15.5. The quantitative estimate of drug-likeness (QED) is 0.226. The first-order valence-electron chi connectivity index (χ1n) is 14.7. The number of rotatable bonds is 7. The Bertz CT molecular complexity index is 2300. The van der Waals surface area contributed by atoms with Crippen LogP contribution in [0.2, 0.25) is 0 Å². The number of fused-ring (bicyclic) bond motifs is 2. The third-order valence-corrected chi connectivity index (χ3v) is 9.10. The first-order chi connectivity index (χ1) is 22.4. The molecule has 0 spiro atoms. The van der Waals surface area contributed by atoms with Crippen LogP contribution in [0.5, 0.6) is 11.5 Å². The molecule has 0 bridgehead atoms. The van der Waals surface area contributed by atoms with Gasteiger partial charge in [0.1, 0.15) is 11.5 Å². The Labute approximate surface area is 268 Å². The van der Waals surface area contributed by atoms with E-state index in [0.717, 1.165) is 33.3 Å². The molecular formula is C37H30N4O4S. The zero-order valence-electron chi connectivity index (χ0n) is 25.4. The second kappa shape index (κ2) is 12.0. The third-order valence-electron chi connectivity index (χ3n) is 8.11. The van der Waals surface area contributed by atoms with Crippen LogP contribution in [0.15, 0.2) is 124 Å². The van der Waals surface area contributed by atoms with Crippen LogP contribution in [0.1, 0.15) is 24.1 Å². The highest BCUT2D eigenvalue weighted by Crippen LogP contribution is 2.34. The Morgan fingerprint density at radius 1 is 0.913 bits per heavy atom. The van der Waals surface area contributed by atoms with Gasteiger partial charge in [0.05, 0.1) is 41.8 Å². The van der Waals surface area contributed by atoms with Crippen molar-refractivity contribution in [3.63, 3.8) is 0 Å². The number of nitrogens with zero attached hydrogens (tertiary/aromatic N) is 2. The smallest absolute Gasteiger partial charge is 0.271 e. The lowest BCUT2D eigenvalue weighted by Crippen LogP contribution is -2.40. The second-order valence-electron chi connectivity index (χ2n) is 10.9. The molecule has 0 unspecified atom stereocenters. The highest BCUT2D eigenvalue weighted by molar-refractivity contribution is 7.07. The molecule has 7 rings (SSSR count). The van der Waals surface area contributed by atoms with Crippen molar-refractivity contribution in [2.45, 2.75) is 13.0 Å². The number of hydrogen-bond acceptors (Lipinski definition) is 6. The Hall–Kier alpha value is -5.67. The predicted molar refractivity (Wildman–Crippen MR) is 182 cm³/mol. The summed E-state index contributed by atoms with van der Waals surface area (Å²) in [6.07, 6.45) is 1.92. The van der Waals surface area contributed by atoms with E-state index in [2.05, 4.69) is 10.3 Å². The molecule has 4 aromatic carbocycles. The Morgan fingerprint density at radius 3 is 2.28 bits per heavy atom. The largest absolute Gasteiger partial charge is 0.497 e. The Kier molecular flexibility index (Phi) is 7.60. The highest BCUT2D eigenvalue weighted by atomic mass is 32.1. The van der Waals surface area contributed by atoms with Crippen molar-refractivity contribution in [3.8, 4) is 22.8 Å². The number of carbonyl (C=O) groups is 1. The Morgan fingerprint density at radius 2 is 1.59 bits per heavy atom. The van der Waals surface area contributed by atoms with E-state index in [9.17, 15) is 9.59 Å². The van der Waals surface area contributed by atoms with Gasteiger partial charge in [-0.15, -0.1) is 0 Å². The molecule has 1 atom stereocenters. The van der Waals surface area contributed by atoms with E-state index >= 15 is 0 Å². The zero-order chi connectivity index (χ0) is 31.8. The highest BCUT2D eigenvalue weighted by Gasteiger charge is 2.32. The molecule has 0 saturated carbocycles.